The van der Waals surface area contributed by atoms with Crippen LogP contribution in [0.5, 0.6) is 0 Å². The molecule has 0 saturated heterocycles. The number of hydrogen-bond acceptors (Lipinski definition) is 4. The first kappa shape index (κ1) is 19.5. The van der Waals surface area contributed by atoms with E-state index in [1.807, 2.05) is 0 Å². The first-order chi connectivity index (χ1) is 10.6. The highest BCUT2D eigenvalue weighted by Gasteiger charge is 2.16. The van der Waals surface area contributed by atoms with Gasteiger partial charge in [0.25, 0.3) is 0 Å². The minimum atomic E-state index is -0.304. The van der Waals surface area contributed by atoms with Crippen molar-refractivity contribution < 1.29 is 18.9 Å². The standard InChI is InChI=1S/C17H29O4P/c1-14-10-15(2)17(16(3)11-14)22(8-6-20-12-18-4)9-7-21-13-19-5/h10-11H,6-9,12-13H2,1-5H3. The summed E-state index contributed by atoms with van der Waals surface area (Å²) in [4.78, 5) is 0. The van der Waals surface area contributed by atoms with Crippen molar-refractivity contribution in [2.24, 2.45) is 0 Å². The molecule has 0 radical (unpaired) electrons. The van der Waals surface area contributed by atoms with Crippen molar-refractivity contribution in [3.8, 4) is 0 Å². The quantitative estimate of drug-likeness (QED) is 0.355. The molecule has 0 aliphatic carbocycles. The van der Waals surface area contributed by atoms with Gasteiger partial charge in [-0.2, -0.15) is 0 Å². The molecular formula is C17H29O4P. The Morgan fingerprint density at radius 1 is 0.818 bits per heavy atom. The van der Waals surface area contributed by atoms with E-state index in [1.165, 1.54) is 22.0 Å². The van der Waals surface area contributed by atoms with Gasteiger partial charge in [0.05, 0.1) is 13.2 Å². The Balaban J connectivity index is 2.75. The third-order valence-corrected chi connectivity index (χ3v) is 6.15. The van der Waals surface area contributed by atoms with E-state index in [0.717, 1.165) is 25.5 Å². The number of aryl methyl sites for hydroxylation is 3. The van der Waals surface area contributed by atoms with Crippen LogP contribution in [-0.2, 0) is 18.9 Å². The number of rotatable bonds is 11. The first-order valence-electron chi connectivity index (χ1n) is 7.56. The Bertz CT molecular complexity index is 402. The Labute approximate surface area is 135 Å². The molecule has 0 saturated carbocycles. The Morgan fingerprint density at radius 3 is 1.68 bits per heavy atom. The average Bonchev–Trinajstić information content (AvgIpc) is 2.46. The lowest BCUT2D eigenvalue weighted by Gasteiger charge is -2.23. The Kier molecular flexibility index (Phi) is 9.85. The van der Waals surface area contributed by atoms with Gasteiger partial charge < -0.3 is 18.9 Å². The second-order valence-electron chi connectivity index (χ2n) is 5.36. The smallest absolute Gasteiger partial charge is 0.146 e. The molecule has 126 valence electrons. The highest BCUT2D eigenvalue weighted by molar-refractivity contribution is 7.65. The molecule has 0 unspecified atom stereocenters. The molecule has 0 atom stereocenters. The van der Waals surface area contributed by atoms with Crippen LogP contribution in [0.25, 0.3) is 0 Å². The van der Waals surface area contributed by atoms with Crippen LogP contribution in [0.3, 0.4) is 0 Å². The van der Waals surface area contributed by atoms with Crippen molar-refractivity contribution in [3.63, 3.8) is 0 Å². The number of hydrogen-bond donors (Lipinski definition) is 0. The van der Waals surface area contributed by atoms with E-state index in [9.17, 15) is 0 Å². The molecule has 5 heteroatoms. The zero-order valence-electron chi connectivity index (χ0n) is 14.5. The van der Waals surface area contributed by atoms with Gasteiger partial charge in [-0.15, -0.1) is 0 Å². The highest BCUT2D eigenvalue weighted by Crippen LogP contribution is 2.36. The summed E-state index contributed by atoms with van der Waals surface area (Å²) in [6, 6.07) is 4.54. The molecule has 0 aliphatic heterocycles. The third kappa shape index (κ3) is 6.72. The summed E-state index contributed by atoms with van der Waals surface area (Å²) in [5.41, 5.74) is 4.07. The largest absolute Gasteiger partial charge is 0.359 e. The second-order valence-corrected chi connectivity index (χ2v) is 7.79. The van der Waals surface area contributed by atoms with Crippen LogP contribution >= 0.6 is 7.92 Å². The lowest BCUT2D eigenvalue weighted by Crippen LogP contribution is -2.18. The minimum absolute atomic E-state index is 0.304. The summed E-state index contributed by atoms with van der Waals surface area (Å²) in [5.74, 6) is 0. The molecule has 0 fully saturated rings. The van der Waals surface area contributed by atoms with Crippen LogP contribution in [0.15, 0.2) is 12.1 Å². The predicted molar refractivity (Wildman–Crippen MR) is 92.6 cm³/mol. The first-order valence-corrected chi connectivity index (χ1v) is 9.27. The average molecular weight is 328 g/mol. The minimum Gasteiger partial charge on any atom is -0.359 e. The van der Waals surface area contributed by atoms with Crippen molar-refractivity contribution in [1.29, 1.82) is 0 Å². The monoisotopic (exact) mass is 328 g/mol. The van der Waals surface area contributed by atoms with E-state index in [4.69, 9.17) is 18.9 Å². The van der Waals surface area contributed by atoms with Gasteiger partial charge in [-0.1, -0.05) is 25.6 Å². The molecule has 0 aliphatic rings. The van der Waals surface area contributed by atoms with Crippen molar-refractivity contribution in [2.75, 3.05) is 53.3 Å². The van der Waals surface area contributed by atoms with Crippen LogP contribution < -0.4 is 5.30 Å². The summed E-state index contributed by atoms with van der Waals surface area (Å²) >= 11 is 0. The van der Waals surface area contributed by atoms with Crippen LogP contribution in [0.1, 0.15) is 16.7 Å². The van der Waals surface area contributed by atoms with Gasteiger partial charge in [0.2, 0.25) is 0 Å². The third-order valence-electron chi connectivity index (χ3n) is 3.37. The fraction of sp³-hybridized carbons (Fsp3) is 0.647. The zero-order chi connectivity index (χ0) is 16.4. The molecule has 0 aromatic heterocycles. The van der Waals surface area contributed by atoms with Crippen LogP contribution in [-0.4, -0.2) is 53.3 Å². The summed E-state index contributed by atoms with van der Waals surface area (Å²) in [5, 5.41) is 1.49. The fourth-order valence-corrected chi connectivity index (χ4v) is 5.14. The van der Waals surface area contributed by atoms with E-state index < -0.39 is 0 Å². The van der Waals surface area contributed by atoms with Gasteiger partial charge in [0.15, 0.2) is 0 Å². The van der Waals surface area contributed by atoms with Gasteiger partial charge in [-0.25, -0.2) is 0 Å². The van der Waals surface area contributed by atoms with Gasteiger partial charge in [-0.05, 0) is 49.5 Å². The van der Waals surface area contributed by atoms with Crippen molar-refractivity contribution in [1.82, 2.24) is 0 Å². The molecule has 0 bridgehead atoms. The predicted octanol–water partition coefficient (Wildman–Crippen LogP) is 2.96. The highest BCUT2D eigenvalue weighted by atomic mass is 31.1. The summed E-state index contributed by atoms with van der Waals surface area (Å²) < 4.78 is 20.9. The van der Waals surface area contributed by atoms with E-state index in [0.29, 0.717) is 13.6 Å². The maximum Gasteiger partial charge on any atom is 0.146 e. The van der Waals surface area contributed by atoms with Crippen LogP contribution in [0.2, 0.25) is 0 Å². The zero-order valence-corrected chi connectivity index (χ0v) is 15.4. The molecule has 1 rings (SSSR count). The molecule has 1 aromatic carbocycles. The van der Waals surface area contributed by atoms with Crippen molar-refractivity contribution in [2.45, 2.75) is 20.8 Å². The molecule has 0 amide bonds. The number of methoxy groups -OCH3 is 2. The Morgan fingerprint density at radius 2 is 1.27 bits per heavy atom. The van der Waals surface area contributed by atoms with Gasteiger partial charge in [0, 0.05) is 14.2 Å². The summed E-state index contributed by atoms with van der Waals surface area (Å²) in [6.07, 6.45) is 2.06. The molecule has 1 aromatic rings. The molecule has 0 N–H and O–H groups in total. The van der Waals surface area contributed by atoms with Gasteiger partial charge >= 0.3 is 0 Å². The molecule has 0 heterocycles. The SMILES string of the molecule is COCOCCP(CCOCOC)c1c(C)cc(C)cc1C. The van der Waals surface area contributed by atoms with Gasteiger partial charge in [-0.3, -0.25) is 0 Å². The molecular weight excluding hydrogens is 299 g/mol. The maximum atomic E-state index is 5.49. The fourth-order valence-electron chi connectivity index (χ4n) is 2.64. The van der Waals surface area contributed by atoms with E-state index in [-0.39, 0.29) is 7.92 Å². The van der Waals surface area contributed by atoms with Gasteiger partial charge in [0.1, 0.15) is 13.6 Å². The maximum absolute atomic E-state index is 5.49. The second kappa shape index (κ2) is 11.1. The van der Waals surface area contributed by atoms with Crippen molar-refractivity contribution >= 4 is 13.2 Å². The molecule has 4 nitrogen and oxygen atoms in total. The molecule has 0 spiro atoms. The van der Waals surface area contributed by atoms with Crippen LogP contribution in [0, 0.1) is 20.8 Å². The normalized spacial score (nSPS) is 11.4. The van der Waals surface area contributed by atoms with Crippen molar-refractivity contribution in [3.05, 3.63) is 28.8 Å². The van der Waals surface area contributed by atoms with E-state index in [2.05, 4.69) is 32.9 Å². The lowest BCUT2D eigenvalue weighted by molar-refractivity contribution is -0.0253. The van der Waals surface area contributed by atoms with E-state index in [1.54, 1.807) is 14.2 Å². The topological polar surface area (TPSA) is 36.9 Å². The molecule has 22 heavy (non-hydrogen) atoms. The number of ether oxygens (including phenoxy) is 4. The summed E-state index contributed by atoms with van der Waals surface area (Å²) in [7, 11) is 2.99. The summed E-state index contributed by atoms with van der Waals surface area (Å²) in [6.45, 7) is 8.71. The van der Waals surface area contributed by atoms with E-state index >= 15 is 0 Å². The Hall–Kier alpha value is -0.510. The number of benzene rings is 1. The van der Waals surface area contributed by atoms with Crippen LogP contribution in [0.4, 0.5) is 0 Å². The lowest BCUT2D eigenvalue weighted by atomic mass is 10.1.